The van der Waals surface area contributed by atoms with Gasteiger partial charge in [0, 0.05) is 18.8 Å². The maximum Gasteiger partial charge on any atom is 0.340 e. The van der Waals surface area contributed by atoms with Gasteiger partial charge in [-0.2, -0.15) is 4.31 Å². The third kappa shape index (κ3) is 5.75. The number of nitrogens with one attached hydrogen (secondary N) is 1. The second-order valence-corrected chi connectivity index (χ2v) is 9.49. The molecule has 1 saturated heterocycles. The van der Waals surface area contributed by atoms with E-state index in [1.165, 1.54) is 10.4 Å². The third-order valence-corrected chi connectivity index (χ3v) is 7.14. The molecule has 3 rings (SSSR count). The molecule has 166 valence electrons. The standard InChI is InChI=1S/C20H20Cl2N2O6S/c1-13-3-2-4-14(9-13)23-19(25)12-30-20(26)15-10-18(17(22)11-16(15)21)31(27,28)24-5-7-29-8-6-24/h2-4,9-11H,5-8,12H2,1H3,(H,23,25). The maximum absolute atomic E-state index is 12.9. The first-order chi connectivity index (χ1) is 14.7. The van der Waals surface area contributed by atoms with Crippen LogP contribution in [0.1, 0.15) is 15.9 Å². The van der Waals surface area contributed by atoms with E-state index >= 15 is 0 Å². The molecular weight excluding hydrogens is 467 g/mol. The van der Waals surface area contributed by atoms with E-state index in [1.807, 2.05) is 13.0 Å². The average molecular weight is 487 g/mol. The number of carbonyl (C=O) groups excluding carboxylic acids is 2. The van der Waals surface area contributed by atoms with Gasteiger partial charge in [0.15, 0.2) is 6.61 Å². The molecule has 1 aliphatic rings. The molecule has 31 heavy (non-hydrogen) atoms. The molecule has 2 aromatic rings. The zero-order valence-electron chi connectivity index (χ0n) is 16.6. The van der Waals surface area contributed by atoms with E-state index in [9.17, 15) is 18.0 Å². The van der Waals surface area contributed by atoms with Crippen LogP contribution >= 0.6 is 23.2 Å². The summed E-state index contributed by atoms with van der Waals surface area (Å²) in [7, 11) is -3.97. The van der Waals surface area contributed by atoms with Gasteiger partial charge in [-0.3, -0.25) is 4.79 Å². The highest BCUT2D eigenvalue weighted by Gasteiger charge is 2.30. The van der Waals surface area contributed by atoms with E-state index in [-0.39, 0.29) is 46.8 Å². The van der Waals surface area contributed by atoms with Crippen LogP contribution in [0.5, 0.6) is 0 Å². The predicted octanol–water partition coefficient (Wildman–Crippen LogP) is 3.12. The van der Waals surface area contributed by atoms with Gasteiger partial charge in [-0.15, -0.1) is 0 Å². The summed E-state index contributed by atoms with van der Waals surface area (Å²) >= 11 is 12.2. The molecule has 1 aliphatic heterocycles. The monoisotopic (exact) mass is 486 g/mol. The fourth-order valence-electron chi connectivity index (χ4n) is 2.94. The number of rotatable bonds is 6. The van der Waals surface area contributed by atoms with Gasteiger partial charge >= 0.3 is 5.97 Å². The number of morpholine rings is 1. The Morgan fingerprint density at radius 2 is 1.84 bits per heavy atom. The van der Waals surface area contributed by atoms with Crippen molar-refractivity contribution in [2.24, 2.45) is 0 Å². The number of hydrogen-bond donors (Lipinski definition) is 1. The minimum absolute atomic E-state index is 0.0879. The lowest BCUT2D eigenvalue weighted by molar-refractivity contribution is -0.119. The van der Waals surface area contributed by atoms with Gasteiger partial charge < -0.3 is 14.8 Å². The molecule has 1 amide bonds. The van der Waals surface area contributed by atoms with Gasteiger partial charge in [-0.25, -0.2) is 13.2 Å². The molecule has 11 heteroatoms. The first-order valence-corrected chi connectivity index (χ1v) is 11.5. The Bertz CT molecular complexity index is 1100. The molecule has 0 spiro atoms. The smallest absolute Gasteiger partial charge is 0.340 e. The highest BCUT2D eigenvalue weighted by Crippen LogP contribution is 2.31. The average Bonchev–Trinajstić information content (AvgIpc) is 2.72. The van der Waals surface area contributed by atoms with Gasteiger partial charge in [-0.05, 0) is 36.8 Å². The highest BCUT2D eigenvalue weighted by atomic mass is 35.5. The molecule has 0 radical (unpaired) electrons. The Balaban J connectivity index is 1.73. The van der Waals surface area contributed by atoms with Crippen molar-refractivity contribution in [2.45, 2.75) is 11.8 Å². The molecular formula is C20H20Cl2N2O6S. The summed E-state index contributed by atoms with van der Waals surface area (Å²) in [5.41, 5.74) is 1.31. The van der Waals surface area contributed by atoms with Crippen LogP contribution in [-0.2, 0) is 24.3 Å². The minimum atomic E-state index is -3.97. The summed E-state index contributed by atoms with van der Waals surface area (Å²) in [6.45, 7) is 2.16. The van der Waals surface area contributed by atoms with Crippen molar-refractivity contribution >= 4 is 50.8 Å². The van der Waals surface area contributed by atoms with E-state index in [4.69, 9.17) is 32.7 Å². The first-order valence-electron chi connectivity index (χ1n) is 9.29. The third-order valence-electron chi connectivity index (χ3n) is 4.47. The number of halogens is 2. The number of anilines is 1. The van der Waals surface area contributed by atoms with E-state index in [1.54, 1.807) is 18.2 Å². The highest BCUT2D eigenvalue weighted by molar-refractivity contribution is 7.89. The minimum Gasteiger partial charge on any atom is -0.452 e. The molecule has 0 atom stereocenters. The topological polar surface area (TPSA) is 102 Å². The van der Waals surface area contributed by atoms with Crippen molar-refractivity contribution in [3.63, 3.8) is 0 Å². The number of amides is 1. The zero-order valence-corrected chi connectivity index (χ0v) is 18.9. The van der Waals surface area contributed by atoms with Crippen molar-refractivity contribution in [3.8, 4) is 0 Å². The molecule has 2 aromatic carbocycles. The predicted molar refractivity (Wildman–Crippen MR) is 116 cm³/mol. The van der Waals surface area contributed by atoms with Crippen LogP contribution in [0.15, 0.2) is 41.3 Å². The summed E-state index contributed by atoms with van der Waals surface area (Å²) in [6.07, 6.45) is 0. The Kier molecular flexibility index (Phi) is 7.55. The summed E-state index contributed by atoms with van der Waals surface area (Å²) in [5, 5.41) is 2.40. The van der Waals surface area contributed by atoms with Crippen LogP contribution in [0.2, 0.25) is 10.0 Å². The fraction of sp³-hybridized carbons (Fsp3) is 0.300. The molecule has 0 aliphatic carbocycles. The van der Waals surface area contributed by atoms with Crippen molar-refractivity contribution in [3.05, 3.63) is 57.6 Å². The number of benzene rings is 2. The van der Waals surface area contributed by atoms with E-state index in [0.29, 0.717) is 5.69 Å². The maximum atomic E-state index is 12.9. The Hall–Kier alpha value is -2.17. The van der Waals surface area contributed by atoms with E-state index in [0.717, 1.165) is 11.6 Å². The van der Waals surface area contributed by atoms with Crippen molar-refractivity contribution in [2.75, 3.05) is 38.2 Å². The lowest BCUT2D eigenvalue weighted by Crippen LogP contribution is -2.40. The summed E-state index contributed by atoms with van der Waals surface area (Å²) in [6, 6.07) is 9.35. The number of ether oxygens (including phenoxy) is 2. The van der Waals surface area contributed by atoms with Gasteiger partial charge in [-0.1, -0.05) is 35.3 Å². The lowest BCUT2D eigenvalue weighted by Gasteiger charge is -2.26. The number of nitrogens with zero attached hydrogens (tertiary/aromatic N) is 1. The summed E-state index contributed by atoms with van der Waals surface area (Å²) < 4.78 is 37.2. The van der Waals surface area contributed by atoms with Crippen LogP contribution < -0.4 is 5.32 Å². The number of sulfonamides is 1. The molecule has 0 aromatic heterocycles. The van der Waals surface area contributed by atoms with Crippen LogP contribution in [0.4, 0.5) is 5.69 Å². The summed E-state index contributed by atoms with van der Waals surface area (Å²) in [5.74, 6) is -1.50. The molecule has 1 fully saturated rings. The van der Waals surface area contributed by atoms with Crippen LogP contribution in [0, 0.1) is 6.92 Å². The second kappa shape index (κ2) is 9.97. The van der Waals surface area contributed by atoms with Gasteiger partial charge in [0.05, 0.1) is 28.8 Å². The van der Waals surface area contributed by atoms with Gasteiger partial charge in [0.1, 0.15) is 4.90 Å². The van der Waals surface area contributed by atoms with Crippen molar-refractivity contribution < 1.29 is 27.5 Å². The number of aryl methyl sites for hydroxylation is 1. The summed E-state index contributed by atoms with van der Waals surface area (Å²) in [4.78, 5) is 24.3. The first kappa shape index (κ1) is 23.5. The molecule has 8 nitrogen and oxygen atoms in total. The molecule has 1 N–H and O–H groups in total. The molecule has 0 unspecified atom stereocenters. The Labute approximate surface area is 190 Å². The van der Waals surface area contributed by atoms with Crippen molar-refractivity contribution in [1.29, 1.82) is 0 Å². The molecule has 0 saturated carbocycles. The largest absolute Gasteiger partial charge is 0.452 e. The Morgan fingerprint density at radius 3 is 2.52 bits per heavy atom. The van der Waals surface area contributed by atoms with E-state index in [2.05, 4.69) is 5.32 Å². The lowest BCUT2D eigenvalue weighted by atomic mass is 10.2. The van der Waals surface area contributed by atoms with Gasteiger partial charge in [0.25, 0.3) is 5.91 Å². The fourth-order valence-corrected chi connectivity index (χ4v) is 5.17. The normalized spacial score (nSPS) is 14.8. The van der Waals surface area contributed by atoms with Crippen LogP contribution in [0.25, 0.3) is 0 Å². The SMILES string of the molecule is Cc1cccc(NC(=O)COC(=O)c2cc(S(=O)(=O)N3CCOCC3)c(Cl)cc2Cl)c1. The molecule has 1 heterocycles. The van der Waals surface area contributed by atoms with Crippen LogP contribution in [-0.4, -0.2) is 57.5 Å². The van der Waals surface area contributed by atoms with Crippen LogP contribution in [0.3, 0.4) is 0 Å². The van der Waals surface area contributed by atoms with Gasteiger partial charge in [0.2, 0.25) is 10.0 Å². The number of esters is 1. The number of hydrogen-bond acceptors (Lipinski definition) is 6. The number of carbonyl (C=O) groups is 2. The van der Waals surface area contributed by atoms with Crippen molar-refractivity contribution in [1.82, 2.24) is 4.31 Å². The zero-order chi connectivity index (χ0) is 22.6. The van der Waals surface area contributed by atoms with E-state index < -0.39 is 28.5 Å². The Morgan fingerprint density at radius 1 is 1.13 bits per heavy atom. The molecule has 0 bridgehead atoms. The second-order valence-electron chi connectivity index (χ2n) is 6.77. The quantitative estimate of drug-likeness (QED) is 0.629.